The van der Waals surface area contributed by atoms with Crippen molar-refractivity contribution in [1.82, 2.24) is 0 Å². The van der Waals surface area contributed by atoms with E-state index < -0.39 is 10.0 Å². The highest BCUT2D eigenvalue weighted by Gasteiger charge is 2.17. The van der Waals surface area contributed by atoms with Gasteiger partial charge in [0, 0.05) is 12.9 Å². The van der Waals surface area contributed by atoms with E-state index >= 15 is 0 Å². The second-order valence-corrected chi connectivity index (χ2v) is 8.89. The molecule has 1 heterocycles. The molecule has 0 unspecified atom stereocenters. The van der Waals surface area contributed by atoms with Crippen LogP contribution >= 0.6 is 49.9 Å². The highest BCUT2D eigenvalue weighted by molar-refractivity contribution is 14.1. The number of halogens is 2. The van der Waals surface area contributed by atoms with Gasteiger partial charge in [-0.25, -0.2) is 8.42 Å². The molecule has 1 aromatic heterocycles. The van der Waals surface area contributed by atoms with E-state index in [1.807, 2.05) is 19.1 Å². The van der Waals surface area contributed by atoms with E-state index in [4.69, 9.17) is 0 Å². The predicted octanol–water partition coefficient (Wildman–Crippen LogP) is 4.22. The number of anilines is 1. The van der Waals surface area contributed by atoms with Gasteiger partial charge in [0.15, 0.2) is 0 Å². The maximum atomic E-state index is 12.2. The maximum Gasteiger partial charge on any atom is 0.271 e. The summed E-state index contributed by atoms with van der Waals surface area (Å²) < 4.78 is 28.9. The average Bonchev–Trinajstić information content (AvgIpc) is 2.71. The highest BCUT2D eigenvalue weighted by atomic mass is 127. The smallest absolute Gasteiger partial charge is 0.271 e. The number of nitrogens with one attached hydrogen (secondary N) is 1. The monoisotopic (exact) mass is 457 g/mol. The SMILES string of the molecule is Cc1ccc(S(=O)(=O)Nc2cc(I)ccc2Br)s1. The summed E-state index contributed by atoms with van der Waals surface area (Å²) in [6.45, 7) is 1.88. The van der Waals surface area contributed by atoms with E-state index in [0.29, 0.717) is 9.90 Å². The molecule has 7 heteroatoms. The van der Waals surface area contributed by atoms with E-state index in [9.17, 15) is 8.42 Å². The van der Waals surface area contributed by atoms with E-state index in [1.54, 1.807) is 18.2 Å². The first-order valence-electron chi connectivity index (χ1n) is 4.93. The van der Waals surface area contributed by atoms with Crippen molar-refractivity contribution in [2.45, 2.75) is 11.1 Å². The van der Waals surface area contributed by atoms with Gasteiger partial charge >= 0.3 is 0 Å². The van der Waals surface area contributed by atoms with Gasteiger partial charge in [0.2, 0.25) is 0 Å². The highest BCUT2D eigenvalue weighted by Crippen LogP contribution is 2.28. The summed E-state index contributed by atoms with van der Waals surface area (Å²) in [7, 11) is -3.50. The Labute approximate surface area is 132 Å². The van der Waals surface area contributed by atoms with Crippen molar-refractivity contribution in [2.24, 2.45) is 0 Å². The maximum absolute atomic E-state index is 12.2. The number of sulfonamides is 1. The number of hydrogen-bond acceptors (Lipinski definition) is 3. The van der Waals surface area contributed by atoms with Crippen LogP contribution in [0.5, 0.6) is 0 Å². The first-order chi connectivity index (χ1) is 8.38. The van der Waals surface area contributed by atoms with Crippen molar-refractivity contribution in [3.63, 3.8) is 0 Å². The lowest BCUT2D eigenvalue weighted by Gasteiger charge is -2.08. The minimum atomic E-state index is -3.50. The first kappa shape index (κ1) is 14.3. The molecule has 0 radical (unpaired) electrons. The fourth-order valence-corrected chi connectivity index (χ4v) is 4.65. The van der Waals surface area contributed by atoms with Crippen LogP contribution in [-0.4, -0.2) is 8.42 Å². The van der Waals surface area contributed by atoms with Crippen molar-refractivity contribution >= 4 is 65.6 Å². The molecule has 0 aliphatic heterocycles. The zero-order chi connectivity index (χ0) is 13.3. The van der Waals surface area contributed by atoms with Gasteiger partial charge < -0.3 is 0 Å². The molecule has 2 aromatic rings. The molecule has 0 spiro atoms. The Bertz CT molecular complexity index is 682. The fraction of sp³-hybridized carbons (Fsp3) is 0.0909. The van der Waals surface area contributed by atoms with Gasteiger partial charge in [-0.05, 0) is 75.8 Å². The summed E-state index contributed by atoms with van der Waals surface area (Å²) in [6, 6.07) is 8.91. The Kier molecular flexibility index (Phi) is 4.35. The Hall–Kier alpha value is -0.120. The molecule has 96 valence electrons. The molecular formula is C11H9BrINO2S2. The Balaban J connectivity index is 2.36. The molecule has 1 N–H and O–H groups in total. The Morgan fingerprint density at radius 2 is 2.00 bits per heavy atom. The van der Waals surface area contributed by atoms with Gasteiger partial charge in [-0.2, -0.15) is 0 Å². The molecule has 0 fully saturated rings. The summed E-state index contributed by atoms with van der Waals surface area (Å²) in [4.78, 5) is 0.970. The van der Waals surface area contributed by atoms with Crippen LogP contribution in [0.25, 0.3) is 0 Å². The van der Waals surface area contributed by atoms with Gasteiger partial charge in [0.05, 0.1) is 5.69 Å². The van der Waals surface area contributed by atoms with Crippen LogP contribution in [0.2, 0.25) is 0 Å². The summed E-state index contributed by atoms with van der Waals surface area (Å²) in [5.74, 6) is 0. The quantitative estimate of drug-likeness (QED) is 0.701. The third kappa shape index (κ3) is 3.25. The van der Waals surface area contributed by atoms with Crippen molar-refractivity contribution in [2.75, 3.05) is 4.72 Å². The largest absolute Gasteiger partial charge is 0.278 e. The molecule has 0 aliphatic rings. The minimum Gasteiger partial charge on any atom is -0.278 e. The van der Waals surface area contributed by atoms with Crippen molar-refractivity contribution in [3.05, 3.63) is 43.3 Å². The standard InChI is InChI=1S/C11H9BrINO2S2/c1-7-2-5-11(17-7)18(15,16)14-10-6-8(13)3-4-9(10)12/h2-6,14H,1H3. The van der Waals surface area contributed by atoms with Gasteiger partial charge in [0.25, 0.3) is 10.0 Å². The number of rotatable bonds is 3. The minimum absolute atomic E-state index is 0.325. The van der Waals surface area contributed by atoms with Gasteiger partial charge in [0.1, 0.15) is 4.21 Å². The molecule has 0 atom stereocenters. The fourth-order valence-electron chi connectivity index (χ4n) is 1.33. The average molecular weight is 458 g/mol. The third-order valence-electron chi connectivity index (χ3n) is 2.15. The summed E-state index contributed by atoms with van der Waals surface area (Å²) in [5.41, 5.74) is 0.549. The molecule has 1 aromatic carbocycles. The number of hydrogen-bond donors (Lipinski definition) is 1. The number of thiophene rings is 1. The van der Waals surface area contributed by atoms with Crippen LogP contribution in [0.4, 0.5) is 5.69 Å². The van der Waals surface area contributed by atoms with E-state index in [0.717, 1.165) is 12.9 Å². The first-order valence-corrected chi connectivity index (χ1v) is 9.10. The molecule has 0 saturated heterocycles. The van der Waals surface area contributed by atoms with Crippen LogP contribution in [0.3, 0.4) is 0 Å². The van der Waals surface area contributed by atoms with E-state index in [1.165, 1.54) is 11.3 Å². The molecule has 0 aliphatic carbocycles. The second-order valence-electron chi connectivity index (χ2n) is 3.59. The molecule has 3 nitrogen and oxygen atoms in total. The normalized spacial score (nSPS) is 11.5. The molecule has 2 rings (SSSR count). The van der Waals surface area contributed by atoms with Crippen molar-refractivity contribution in [1.29, 1.82) is 0 Å². The number of aryl methyl sites for hydroxylation is 1. The zero-order valence-electron chi connectivity index (χ0n) is 9.28. The molecule has 18 heavy (non-hydrogen) atoms. The van der Waals surface area contributed by atoms with E-state index in [2.05, 4.69) is 43.2 Å². The lowest BCUT2D eigenvalue weighted by molar-refractivity contribution is 0.603. The summed E-state index contributed by atoms with van der Waals surface area (Å²) in [6.07, 6.45) is 0. The molecule has 0 bridgehead atoms. The van der Waals surface area contributed by atoms with Crippen LogP contribution < -0.4 is 4.72 Å². The van der Waals surface area contributed by atoms with Gasteiger partial charge in [-0.15, -0.1) is 11.3 Å². The lowest BCUT2D eigenvalue weighted by atomic mass is 10.3. The topological polar surface area (TPSA) is 46.2 Å². The predicted molar refractivity (Wildman–Crippen MR) is 86.7 cm³/mol. The van der Waals surface area contributed by atoms with Crippen LogP contribution in [0.1, 0.15) is 4.88 Å². The van der Waals surface area contributed by atoms with Crippen LogP contribution in [-0.2, 0) is 10.0 Å². The van der Waals surface area contributed by atoms with Crippen LogP contribution in [0.15, 0.2) is 39.0 Å². The van der Waals surface area contributed by atoms with Crippen molar-refractivity contribution < 1.29 is 8.42 Å². The number of benzene rings is 1. The summed E-state index contributed by atoms with van der Waals surface area (Å²) in [5, 5.41) is 0. The zero-order valence-corrected chi connectivity index (χ0v) is 14.7. The summed E-state index contributed by atoms with van der Waals surface area (Å²) >= 11 is 6.73. The molecular weight excluding hydrogens is 449 g/mol. The lowest BCUT2D eigenvalue weighted by Crippen LogP contribution is -2.11. The van der Waals surface area contributed by atoms with Gasteiger partial charge in [-0.1, -0.05) is 0 Å². The van der Waals surface area contributed by atoms with Crippen molar-refractivity contribution in [3.8, 4) is 0 Å². The molecule has 0 amide bonds. The second kappa shape index (κ2) is 5.48. The van der Waals surface area contributed by atoms with Crippen LogP contribution in [0, 0.1) is 10.5 Å². The third-order valence-corrected chi connectivity index (χ3v) is 6.37. The Morgan fingerprint density at radius 1 is 1.28 bits per heavy atom. The van der Waals surface area contributed by atoms with Gasteiger partial charge in [-0.3, -0.25) is 4.72 Å². The van der Waals surface area contributed by atoms with E-state index in [-0.39, 0.29) is 0 Å². The molecule has 0 saturated carbocycles. The Morgan fingerprint density at radius 3 is 2.61 bits per heavy atom.